The molecule has 0 aliphatic carbocycles. The highest BCUT2D eigenvalue weighted by molar-refractivity contribution is 6.03. The second-order valence-electron chi connectivity index (χ2n) is 4.37. The molecule has 0 saturated carbocycles. The van der Waals surface area contributed by atoms with Crippen molar-refractivity contribution in [2.75, 3.05) is 5.32 Å². The Morgan fingerprint density at radius 3 is 2.67 bits per heavy atom. The molecule has 0 fully saturated rings. The molecule has 5 nitrogen and oxygen atoms in total. The maximum absolute atomic E-state index is 13.8. The van der Waals surface area contributed by atoms with E-state index in [0.717, 1.165) is 18.2 Å². The van der Waals surface area contributed by atoms with Crippen LogP contribution in [-0.4, -0.2) is 21.6 Å². The van der Waals surface area contributed by atoms with Crippen molar-refractivity contribution in [3.8, 4) is 0 Å². The molecule has 0 aliphatic rings. The summed E-state index contributed by atoms with van der Waals surface area (Å²) in [5.74, 6) is -2.12. The van der Waals surface area contributed by atoms with E-state index in [1.165, 1.54) is 12.1 Å². The molecule has 0 unspecified atom stereocenters. The molecule has 108 valence electrons. The van der Waals surface area contributed by atoms with Crippen LogP contribution < -0.4 is 5.32 Å². The van der Waals surface area contributed by atoms with Gasteiger partial charge in [-0.05, 0) is 36.4 Å². The van der Waals surface area contributed by atoms with Crippen molar-refractivity contribution < 1.29 is 19.1 Å². The number of benzene rings is 1. The van der Waals surface area contributed by atoms with Gasteiger partial charge in [0.25, 0.3) is 5.91 Å². The van der Waals surface area contributed by atoms with Gasteiger partial charge in [-0.1, -0.05) is 0 Å². The third kappa shape index (κ3) is 3.56. The standard InChI is InChI=1S/C15H13FN2O3/c1-18-8-2-3-13(18)15(21)17-11-6-4-10(12(16)9-11)5-7-14(19)20/h2-9H,1H3,(H,17,21)(H,19,20). The summed E-state index contributed by atoms with van der Waals surface area (Å²) in [6.45, 7) is 0. The molecule has 2 aromatic rings. The number of anilines is 1. The minimum absolute atomic E-state index is 0.134. The number of carbonyl (C=O) groups is 2. The number of aromatic nitrogens is 1. The molecule has 1 heterocycles. The number of hydrogen-bond donors (Lipinski definition) is 2. The summed E-state index contributed by atoms with van der Waals surface area (Å²) < 4.78 is 15.4. The van der Waals surface area contributed by atoms with E-state index in [2.05, 4.69) is 5.32 Å². The van der Waals surface area contributed by atoms with Crippen molar-refractivity contribution >= 4 is 23.6 Å². The highest BCUT2D eigenvalue weighted by Gasteiger charge is 2.10. The Kier molecular flexibility index (Phi) is 4.18. The molecule has 21 heavy (non-hydrogen) atoms. The van der Waals surface area contributed by atoms with Crippen LogP contribution in [-0.2, 0) is 11.8 Å². The third-order valence-electron chi connectivity index (χ3n) is 2.84. The topological polar surface area (TPSA) is 71.3 Å². The predicted molar refractivity (Wildman–Crippen MR) is 76.4 cm³/mol. The van der Waals surface area contributed by atoms with Crippen LogP contribution in [0.2, 0.25) is 0 Å². The molecule has 1 aromatic heterocycles. The Balaban J connectivity index is 2.15. The Morgan fingerprint density at radius 2 is 2.10 bits per heavy atom. The molecular weight excluding hydrogens is 275 g/mol. The summed E-state index contributed by atoms with van der Waals surface area (Å²) in [5.41, 5.74) is 0.880. The van der Waals surface area contributed by atoms with E-state index >= 15 is 0 Å². The van der Waals surface area contributed by atoms with Crippen LogP contribution in [0.5, 0.6) is 0 Å². The van der Waals surface area contributed by atoms with Crippen LogP contribution in [0.3, 0.4) is 0 Å². The highest BCUT2D eigenvalue weighted by Crippen LogP contribution is 2.17. The molecule has 0 aliphatic heterocycles. The van der Waals surface area contributed by atoms with E-state index in [0.29, 0.717) is 11.4 Å². The number of nitrogens with zero attached hydrogens (tertiary/aromatic N) is 1. The maximum atomic E-state index is 13.8. The van der Waals surface area contributed by atoms with E-state index in [9.17, 15) is 14.0 Å². The van der Waals surface area contributed by atoms with Crippen molar-refractivity contribution in [2.24, 2.45) is 7.05 Å². The lowest BCUT2D eigenvalue weighted by atomic mass is 10.1. The molecule has 0 saturated heterocycles. The fourth-order valence-electron chi connectivity index (χ4n) is 1.79. The van der Waals surface area contributed by atoms with Crippen molar-refractivity contribution in [3.05, 3.63) is 59.7 Å². The number of hydrogen-bond acceptors (Lipinski definition) is 2. The molecule has 0 radical (unpaired) electrons. The van der Waals surface area contributed by atoms with Crippen LogP contribution in [0.1, 0.15) is 16.1 Å². The summed E-state index contributed by atoms with van der Waals surface area (Å²) in [4.78, 5) is 22.4. The van der Waals surface area contributed by atoms with E-state index in [1.54, 1.807) is 29.9 Å². The largest absolute Gasteiger partial charge is 0.478 e. The van der Waals surface area contributed by atoms with Gasteiger partial charge in [0.1, 0.15) is 11.5 Å². The molecule has 1 aromatic carbocycles. The molecular formula is C15H13FN2O3. The average molecular weight is 288 g/mol. The van der Waals surface area contributed by atoms with E-state index in [-0.39, 0.29) is 11.5 Å². The van der Waals surface area contributed by atoms with E-state index in [1.807, 2.05) is 0 Å². The Hall–Kier alpha value is -2.89. The molecule has 6 heteroatoms. The van der Waals surface area contributed by atoms with Gasteiger partial charge in [0.05, 0.1) is 0 Å². The second-order valence-corrected chi connectivity index (χ2v) is 4.37. The molecule has 0 bridgehead atoms. The first-order chi connectivity index (χ1) is 9.97. The Morgan fingerprint density at radius 1 is 1.33 bits per heavy atom. The van der Waals surface area contributed by atoms with E-state index in [4.69, 9.17) is 5.11 Å². The van der Waals surface area contributed by atoms with E-state index < -0.39 is 11.8 Å². The fourth-order valence-corrected chi connectivity index (χ4v) is 1.79. The van der Waals surface area contributed by atoms with Crippen LogP contribution in [0, 0.1) is 5.82 Å². The van der Waals surface area contributed by atoms with Gasteiger partial charge in [-0.15, -0.1) is 0 Å². The first-order valence-corrected chi connectivity index (χ1v) is 6.10. The smallest absolute Gasteiger partial charge is 0.328 e. The lowest BCUT2D eigenvalue weighted by molar-refractivity contribution is -0.131. The zero-order valence-electron chi connectivity index (χ0n) is 11.2. The first kappa shape index (κ1) is 14.5. The number of amides is 1. The average Bonchev–Trinajstić information content (AvgIpc) is 2.84. The molecule has 1 amide bonds. The van der Waals surface area contributed by atoms with Crippen LogP contribution >= 0.6 is 0 Å². The zero-order valence-corrected chi connectivity index (χ0v) is 11.2. The SMILES string of the molecule is Cn1cccc1C(=O)Nc1ccc(C=CC(=O)O)c(F)c1. The summed E-state index contributed by atoms with van der Waals surface area (Å²) in [5, 5.41) is 11.1. The van der Waals surface area contributed by atoms with Crippen molar-refractivity contribution in [2.45, 2.75) is 0 Å². The summed E-state index contributed by atoms with van der Waals surface area (Å²) in [6, 6.07) is 7.42. The monoisotopic (exact) mass is 288 g/mol. The minimum Gasteiger partial charge on any atom is -0.478 e. The van der Waals surface area contributed by atoms with Gasteiger partial charge in [-0.3, -0.25) is 4.79 Å². The number of nitrogens with one attached hydrogen (secondary N) is 1. The molecule has 0 atom stereocenters. The summed E-state index contributed by atoms with van der Waals surface area (Å²) in [6.07, 6.45) is 3.73. The number of carboxylic acids is 1. The van der Waals surface area contributed by atoms with Gasteiger partial charge in [0.15, 0.2) is 0 Å². The van der Waals surface area contributed by atoms with Crippen molar-refractivity contribution in [1.82, 2.24) is 4.57 Å². The van der Waals surface area contributed by atoms with Crippen molar-refractivity contribution in [3.63, 3.8) is 0 Å². The number of carboxylic acid groups (broad SMARTS) is 1. The molecule has 0 spiro atoms. The highest BCUT2D eigenvalue weighted by atomic mass is 19.1. The minimum atomic E-state index is -1.16. The van der Waals surface area contributed by atoms with Crippen molar-refractivity contribution in [1.29, 1.82) is 0 Å². The quantitative estimate of drug-likeness (QED) is 0.849. The zero-order chi connectivity index (χ0) is 15.4. The van der Waals surface area contributed by atoms with Gasteiger partial charge >= 0.3 is 5.97 Å². The maximum Gasteiger partial charge on any atom is 0.328 e. The second kappa shape index (κ2) is 6.04. The number of rotatable bonds is 4. The normalized spacial score (nSPS) is 10.8. The number of halogens is 1. The van der Waals surface area contributed by atoms with Gasteiger partial charge in [-0.2, -0.15) is 0 Å². The Labute approximate surface area is 120 Å². The predicted octanol–water partition coefficient (Wildman–Crippen LogP) is 2.51. The lowest BCUT2D eigenvalue weighted by Crippen LogP contribution is -2.15. The lowest BCUT2D eigenvalue weighted by Gasteiger charge is -2.07. The van der Waals surface area contributed by atoms with Crippen LogP contribution in [0.25, 0.3) is 6.08 Å². The van der Waals surface area contributed by atoms with Gasteiger partial charge < -0.3 is 15.0 Å². The fraction of sp³-hybridized carbons (Fsp3) is 0.0667. The molecule has 2 N–H and O–H groups in total. The van der Waals surface area contributed by atoms with Gasteiger partial charge in [0.2, 0.25) is 0 Å². The third-order valence-corrected chi connectivity index (χ3v) is 2.84. The first-order valence-electron chi connectivity index (χ1n) is 6.10. The molecule has 2 rings (SSSR count). The summed E-state index contributed by atoms with van der Waals surface area (Å²) >= 11 is 0. The summed E-state index contributed by atoms with van der Waals surface area (Å²) in [7, 11) is 1.73. The number of aryl methyl sites for hydroxylation is 1. The van der Waals surface area contributed by atoms with Gasteiger partial charge in [-0.25, -0.2) is 9.18 Å². The van der Waals surface area contributed by atoms with Crippen LogP contribution in [0.15, 0.2) is 42.6 Å². The van der Waals surface area contributed by atoms with Crippen LogP contribution in [0.4, 0.5) is 10.1 Å². The number of carbonyl (C=O) groups excluding carboxylic acids is 1. The Bertz CT molecular complexity index is 719. The van der Waals surface area contributed by atoms with Gasteiger partial charge in [0, 0.05) is 30.6 Å². The number of aliphatic carboxylic acids is 1.